The molecule has 0 spiro atoms. The lowest BCUT2D eigenvalue weighted by atomic mass is 10.2. The van der Waals surface area contributed by atoms with Crippen LogP contribution < -0.4 is 10.1 Å². The molecule has 2 heterocycles. The highest BCUT2D eigenvalue weighted by Crippen LogP contribution is 2.21. The van der Waals surface area contributed by atoms with Crippen LogP contribution in [0, 0.1) is 6.92 Å². The van der Waals surface area contributed by atoms with Crippen LogP contribution in [0.15, 0.2) is 29.1 Å². The van der Waals surface area contributed by atoms with Crippen LogP contribution in [0.1, 0.15) is 24.6 Å². The van der Waals surface area contributed by atoms with Crippen LogP contribution in [0.2, 0.25) is 0 Å². The molecule has 0 saturated carbocycles. The Kier molecular flexibility index (Phi) is 5.43. The molecule has 0 saturated heterocycles. The summed E-state index contributed by atoms with van der Waals surface area (Å²) in [5, 5.41) is 3.33. The summed E-state index contributed by atoms with van der Waals surface area (Å²) < 4.78 is 6.44. The summed E-state index contributed by atoms with van der Waals surface area (Å²) in [4.78, 5) is 12.6. The van der Waals surface area contributed by atoms with Gasteiger partial charge in [-0.3, -0.25) is 4.98 Å². The molecule has 0 aliphatic rings. The number of nitrogens with one attached hydrogen (secondary N) is 1. The van der Waals surface area contributed by atoms with Crippen LogP contribution in [0.5, 0.6) is 11.8 Å². The van der Waals surface area contributed by atoms with Gasteiger partial charge < -0.3 is 10.1 Å². The second-order valence-electron chi connectivity index (χ2n) is 4.38. The van der Waals surface area contributed by atoms with Crippen LogP contribution >= 0.6 is 15.9 Å². The molecule has 20 heavy (non-hydrogen) atoms. The summed E-state index contributed by atoms with van der Waals surface area (Å²) in [6.07, 6.45) is 6.23. The van der Waals surface area contributed by atoms with E-state index >= 15 is 0 Å². The zero-order valence-corrected chi connectivity index (χ0v) is 13.1. The summed E-state index contributed by atoms with van der Waals surface area (Å²) in [7, 11) is 0. The Balaban J connectivity index is 2.05. The number of ether oxygens (including phenoxy) is 1. The van der Waals surface area contributed by atoms with Crippen molar-refractivity contribution in [3.8, 4) is 11.8 Å². The molecule has 2 aromatic rings. The number of pyridine rings is 1. The van der Waals surface area contributed by atoms with Crippen molar-refractivity contribution in [1.82, 2.24) is 20.3 Å². The average Bonchev–Trinajstić information content (AvgIpc) is 2.41. The van der Waals surface area contributed by atoms with Gasteiger partial charge in [0.15, 0.2) is 5.75 Å². The Hall–Kier alpha value is -1.53. The van der Waals surface area contributed by atoms with Crippen molar-refractivity contribution in [2.45, 2.75) is 26.8 Å². The predicted molar refractivity (Wildman–Crippen MR) is 80.8 cm³/mol. The maximum Gasteiger partial charge on any atom is 0.322 e. The summed E-state index contributed by atoms with van der Waals surface area (Å²) >= 11 is 3.35. The third kappa shape index (κ3) is 4.25. The first kappa shape index (κ1) is 14.9. The molecular weight excluding hydrogens is 320 g/mol. The van der Waals surface area contributed by atoms with E-state index in [-0.39, 0.29) is 0 Å². The smallest absolute Gasteiger partial charge is 0.322 e. The topological polar surface area (TPSA) is 59.9 Å². The van der Waals surface area contributed by atoms with E-state index < -0.39 is 0 Å². The molecule has 6 heteroatoms. The first-order valence-corrected chi connectivity index (χ1v) is 7.30. The van der Waals surface area contributed by atoms with Gasteiger partial charge in [-0.15, -0.1) is 0 Å². The van der Waals surface area contributed by atoms with Crippen LogP contribution in [0.4, 0.5) is 0 Å². The quantitative estimate of drug-likeness (QED) is 0.820. The normalized spacial score (nSPS) is 10.6. The van der Waals surface area contributed by atoms with Crippen molar-refractivity contribution < 1.29 is 4.74 Å². The minimum Gasteiger partial charge on any atom is -0.423 e. The summed E-state index contributed by atoms with van der Waals surface area (Å²) in [5.74, 6) is 0.607. The molecule has 2 aromatic heterocycles. The van der Waals surface area contributed by atoms with Gasteiger partial charge in [-0.05, 0) is 41.9 Å². The van der Waals surface area contributed by atoms with Gasteiger partial charge in [0.25, 0.3) is 0 Å². The third-order valence-electron chi connectivity index (χ3n) is 2.69. The number of nitrogens with zero attached hydrogens (tertiary/aromatic N) is 3. The van der Waals surface area contributed by atoms with Gasteiger partial charge in [0.1, 0.15) is 0 Å². The number of aromatic nitrogens is 3. The Morgan fingerprint density at radius 2 is 2.15 bits per heavy atom. The van der Waals surface area contributed by atoms with E-state index in [2.05, 4.69) is 43.1 Å². The molecule has 0 unspecified atom stereocenters. The van der Waals surface area contributed by atoms with Crippen LogP contribution in [0.25, 0.3) is 0 Å². The first-order chi connectivity index (χ1) is 9.69. The highest BCUT2D eigenvalue weighted by Gasteiger charge is 2.06. The average molecular weight is 337 g/mol. The highest BCUT2D eigenvalue weighted by atomic mass is 79.9. The summed E-state index contributed by atoms with van der Waals surface area (Å²) in [5.41, 5.74) is 2.00. The number of hydrogen-bond donors (Lipinski definition) is 1. The highest BCUT2D eigenvalue weighted by molar-refractivity contribution is 9.10. The second kappa shape index (κ2) is 7.31. The minimum atomic E-state index is 0.335. The summed E-state index contributed by atoms with van der Waals surface area (Å²) in [6, 6.07) is 2.16. The molecule has 0 aliphatic heterocycles. The lowest BCUT2D eigenvalue weighted by Crippen LogP contribution is -2.15. The fourth-order valence-corrected chi connectivity index (χ4v) is 1.99. The van der Waals surface area contributed by atoms with Gasteiger partial charge in [-0.1, -0.05) is 6.92 Å². The predicted octanol–water partition coefficient (Wildman–Crippen LogP) is 3.23. The van der Waals surface area contributed by atoms with Gasteiger partial charge in [-0.25, -0.2) is 4.98 Å². The van der Waals surface area contributed by atoms with Crippen molar-refractivity contribution in [3.63, 3.8) is 0 Å². The summed E-state index contributed by atoms with van der Waals surface area (Å²) in [6.45, 7) is 5.86. The Morgan fingerprint density at radius 3 is 2.85 bits per heavy atom. The van der Waals surface area contributed by atoms with Crippen molar-refractivity contribution in [3.05, 3.63) is 40.4 Å². The standard InChI is InChI=1S/C14H17BrN4O/c1-3-4-16-6-11-7-18-14(19-10(11)2)20-13-5-12(15)8-17-9-13/h5,7-9,16H,3-4,6H2,1-2H3. The van der Waals surface area contributed by atoms with E-state index in [1.807, 2.05) is 13.0 Å². The van der Waals surface area contributed by atoms with Gasteiger partial charge in [-0.2, -0.15) is 4.98 Å². The largest absolute Gasteiger partial charge is 0.423 e. The minimum absolute atomic E-state index is 0.335. The molecule has 106 valence electrons. The fraction of sp³-hybridized carbons (Fsp3) is 0.357. The molecule has 0 aromatic carbocycles. The van der Waals surface area contributed by atoms with E-state index in [1.165, 1.54) is 0 Å². The number of hydrogen-bond acceptors (Lipinski definition) is 5. The van der Waals surface area contributed by atoms with E-state index in [4.69, 9.17) is 4.74 Å². The zero-order chi connectivity index (χ0) is 14.4. The first-order valence-electron chi connectivity index (χ1n) is 6.50. The van der Waals surface area contributed by atoms with Gasteiger partial charge >= 0.3 is 6.01 Å². The third-order valence-corrected chi connectivity index (χ3v) is 3.12. The Bertz CT molecular complexity index is 577. The molecule has 0 aliphatic carbocycles. The number of halogens is 1. The van der Waals surface area contributed by atoms with Crippen LogP contribution in [-0.4, -0.2) is 21.5 Å². The molecule has 0 fully saturated rings. The van der Waals surface area contributed by atoms with Gasteiger partial charge in [0.2, 0.25) is 0 Å². The molecule has 0 atom stereocenters. The number of rotatable bonds is 6. The lowest BCUT2D eigenvalue weighted by molar-refractivity contribution is 0.437. The van der Waals surface area contributed by atoms with E-state index in [1.54, 1.807) is 18.6 Å². The van der Waals surface area contributed by atoms with E-state index in [0.29, 0.717) is 11.8 Å². The Labute approximate surface area is 127 Å². The molecule has 0 amide bonds. The second-order valence-corrected chi connectivity index (χ2v) is 5.30. The zero-order valence-electron chi connectivity index (χ0n) is 11.6. The lowest BCUT2D eigenvalue weighted by Gasteiger charge is -2.08. The van der Waals surface area contributed by atoms with Gasteiger partial charge in [0.05, 0.1) is 6.20 Å². The van der Waals surface area contributed by atoms with Crippen LogP contribution in [0.3, 0.4) is 0 Å². The monoisotopic (exact) mass is 336 g/mol. The van der Waals surface area contributed by atoms with E-state index in [9.17, 15) is 0 Å². The molecule has 5 nitrogen and oxygen atoms in total. The van der Waals surface area contributed by atoms with E-state index in [0.717, 1.165) is 35.2 Å². The molecular formula is C14H17BrN4O. The van der Waals surface area contributed by atoms with Crippen LogP contribution in [-0.2, 0) is 6.54 Å². The van der Waals surface area contributed by atoms with Gasteiger partial charge in [0, 0.05) is 34.7 Å². The molecule has 2 rings (SSSR count). The SMILES string of the molecule is CCCNCc1cnc(Oc2cncc(Br)c2)nc1C. The van der Waals surface area contributed by atoms with Crippen molar-refractivity contribution in [2.75, 3.05) is 6.54 Å². The molecule has 0 radical (unpaired) electrons. The molecule has 1 N–H and O–H groups in total. The van der Waals surface area contributed by atoms with Crippen molar-refractivity contribution in [2.24, 2.45) is 0 Å². The maximum atomic E-state index is 5.59. The van der Waals surface area contributed by atoms with Crippen molar-refractivity contribution >= 4 is 15.9 Å². The number of aryl methyl sites for hydroxylation is 1. The molecule has 0 bridgehead atoms. The fourth-order valence-electron chi connectivity index (χ4n) is 1.65. The Morgan fingerprint density at radius 1 is 1.30 bits per heavy atom. The van der Waals surface area contributed by atoms with Crippen molar-refractivity contribution in [1.29, 1.82) is 0 Å². The maximum absolute atomic E-state index is 5.59.